The van der Waals surface area contributed by atoms with E-state index in [1.165, 1.54) is 39.9 Å². The number of fused-ring (bicyclic) bond motifs is 1. The molecule has 0 unspecified atom stereocenters. The number of methoxy groups -OCH3 is 1. The third-order valence-electron chi connectivity index (χ3n) is 5.74. The van der Waals surface area contributed by atoms with Crippen molar-refractivity contribution in [3.63, 3.8) is 0 Å². The number of sulfonamides is 1. The van der Waals surface area contributed by atoms with Gasteiger partial charge in [-0.1, -0.05) is 18.2 Å². The van der Waals surface area contributed by atoms with Crippen LogP contribution in [0.2, 0.25) is 0 Å². The second kappa shape index (κ2) is 10.1. The summed E-state index contributed by atoms with van der Waals surface area (Å²) in [7, 11) is -2.18. The Morgan fingerprint density at radius 3 is 2.51 bits per heavy atom. The van der Waals surface area contributed by atoms with E-state index in [1.54, 1.807) is 49.7 Å². The molecule has 0 saturated heterocycles. The van der Waals surface area contributed by atoms with Crippen molar-refractivity contribution < 1.29 is 22.4 Å². The maximum absolute atomic E-state index is 13.2. The summed E-state index contributed by atoms with van der Waals surface area (Å²) in [6.07, 6.45) is 0. The number of amides is 1. The van der Waals surface area contributed by atoms with Gasteiger partial charge in [-0.3, -0.25) is 14.4 Å². The molecule has 1 amide bonds. The minimum absolute atomic E-state index is 0.104. The summed E-state index contributed by atoms with van der Waals surface area (Å²) < 4.78 is 38.8. The highest BCUT2D eigenvalue weighted by molar-refractivity contribution is 7.92. The molecular formula is C27H23N3O5S2. The smallest absolute Gasteiger partial charge is 0.264 e. The lowest BCUT2D eigenvalue weighted by atomic mass is 10.2. The van der Waals surface area contributed by atoms with Gasteiger partial charge in [0.2, 0.25) is 0 Å². The van der Waals surface area contributed by atoms with Crippen LogP contribution in [0.3, 0.4) is 0 Å². The van der Waals surface area contributed by atoms with Crippen LogP contribution in [-0.4, -0.2) is 33.0 Å². The van der Waals surface area contributed by atoms with Gasteiger partial charge in [0, 0.05) is 28.9 Å². The Labute approximate surface area is 218 Å². The number of benzene rings is 3. The van der Waals surface area contributed by atoms with Crippen molar-refractivity contribution in [2.75, 3.05) is 23.3 Å². The molecule has 188 valence electrons. The first-order valence-electron chi connectivity index (χ1n) is 11.4. The first kappa shape index (κ1) is 24.5. The average molecular weight is 534 g/mol. The molecule has 5 rings (SSSR count). The number of furan rings is 1. The summed E-state index contributed by atoms with van der Waals surface area (Å²) in [6.45, 7) is 2.05. The average Bonchev–Trinajstić information content (AvgIpc) is 3.56. The monoisotopic (exact) mass is 533 g/mol. The predicted molar refractivity (Wildman–Crippen MR) is 145 cm³/mol. The molecule has 10 heteroatoms. The molecule has 0 radical (unpaired) electrons. The van der Waals surface area contributed by atoms with Gasteiger partial charge in [0.25, 0.3) is 15.9 Å². The minimum atomic E-state index is -3.78. The van der Waals surface area contributed by atoms with Crippen molar-refractivity contribution in [3.8, 4) is 17.2 Å². The van der Waals surface area contributed by atoms with Crippen molar-refractivity contribution >= 4 is 49.1 Å². The maximum atomic E-state index is 13.2. The molecule has 0 aliphatic rings. The number of nitrogens with one attached hydrogen (secondary N) is 1. The Balaban J connectivity index is 1.31. The summed E-state index contributed by atoms with van der Waals surface area (Å²) in [6, 6.07) is 22.2. The highest BCUT2D eigenvalue weighted by Gasteiger charge is 2.24. The number of hydrogen-bond acceptors (Lipinski definition) is 7. The van der Waals surface area contributed by atoms with Crippen LogP contribution < -0.4 is 14.4 Å². The van der Waals surface area contributed by atoms with Crippen LogP contribution in [0.15, 0.2) is 93.6 Å². The van der Waals surface area contributed by atoms with Crippen molar-refractivity contribution in [1.82, 2.24) is 4.98 Å². The molecule has 0 aliphatic carbocycles. The first-order valence-corrected chi connectivity index (χ1v) is 13.7. The van der Waals surface area contributed by atoms with Crippen LogP contribution in [0.1, 0.15) is 17.3 Å². The van der Waals surface area contributed by atoms with E-state index in [4.69, 9.17) is 9.15 Å². The van der Waals surface area contributed by atoms with Crippen LogP contribution in [0.4, 0.5) is 10.8 Å². The molecule has 0 aliphatic heterocycles. The van der Waals surface area contributed by atoms with E-state index in [1.807, 2.05) is 24.3 Å². The van der Waals surface area contributed by atoms with Crippen LogP contribution in [-0.2, 0) is 10.0 Å². The number of carbonyl (C=O) groups is 1. The summed E-state index contributed by atoms with van der Waals surface area (Å²) in [5.74, 6) is 0.879. The molecule has 3 aromatic carbocycles. The lowest BCUT2D eigenvalue weighted by Crippen LogP contribution is -2.30. The number of nitrogens with zero attached hydrogens (tertiary/aromatic N) is 2. The van der Waals surface area contributed by atoms with Gasteiger partial charge in [-0.25, -0.2) is 13.4 Å². The Bertz CT molecular complexity index is 1660. The third-order valence-corrected chi connectivity index (χ3v) is 8.42. The zero-order valence-electron chi connectivity index (χ0n) is 20.0. The molecule has 0 atom stereocenters. The minimum Gasteiger partial charge on any atom is -0.497 e. The third kappa shape index (κ3) is 4.93. The van der Waals surface area contributed by atoms with E-state index in [0.29, 0.717) is 39.2 Å². The lowest BCUT2D eigenvalue weighted by molar-refractivity contribution is 0.102. The van der Waals surface area contributed by atoms with E-state index >= 15 is 0 Å². The highest BCUT2D eigenvalue weighted by atomic mass is 32.2. The Hall–Kier alpha value is -4.15. The molecule has 2 heterocycles. The topological polar surface area (TPSA) is 102 Å². The first-order chi connectivity index (χ1) is 17.9. The van der Waals surface area contributed by atoms with E-state index in [2.05, 4.69) is 10.3 Å². The molecular weight excluding hydrogens is 510 g/mol. The molecule has 0 spiro atoms. The van der Waals surface area contributed by atoms with Crippen LogP contribution in [0, 0.1) is 0 Å². The molecule has 0 fully saturated rings. The Morgan fingerprint density at radius 2 is 1.81 bits per heavy atom. The summed E-state index contributed by atoms with van der Waals surface area (Å²) in [5, 5.41) is 5.87. The largest absolute Gasteiger partial charge is 0.497 e. The van der Waals surface area contributed by atoms with E-state index in [9.17, 15) is 13.2 Å². The number of anilines is 2. The number of rotatable bonds is 8. The number of para-hydroxylation sites is 1. The van der Waals surface area contributed by atoms with Gasteiger partial charge in [-0.05, 0) is 61.5 Å². The van der Waals surface area contributed by atoms with Gasteiger partial charge >= 0.3 is 0 Å². The Kier molecular flexibility index (Phi) is 6.68. The molecule has 0 bridgehead atoms. The summed E-state index contributed by atoms with van der Waals surface area (Å²) in [4.78, 5) is 17.4. The molecule has 2 aromatic heterocycles. The van der Waals surface area contributed by atoms with Gasteiger partial charge in [0.05, 0.1) is 17.7 Å². The van der Waals surface area contributed by atoms with Crippen molar-refractivity contribution in [2.45, 2.75) is 11.8 Å². The molecule has 8 nitrogen and oxygen atoms in total. The fourth-order valence-corrected chi connectivity index (χ4v) is 6.04. The Morgan fingerprint density at radius 1 is 1.05 bits per heavy atom. The molecule has 0 saturated carbocycles. The van der Waals surface area contributed by atoms with E-state index < -0.39 is 15.9 Å². The van der Waals surface area contributed by atoms with Gasteiger partial charge < -0.3 is 9.15 Å². The van der Waals surface area contributed by atoms with Gasteiger partial charge in [0.15, 0.2) is 10.9 Å². The van der Waals surface area contributed by atoms with E-state index in [-0.39, 0.29) is 11.4 Å². The lowest BCUT2D eigenvalue weighted by Gasteiger charge is -2.22. The molecule has 5 aromatic rings. The van der Waals surface area contributed by atoms with Crippen LogP contribution in [0.5, 0.6) is 5.75 Å². The van der Waals surface area contributed by atoms with Gasteiger partial charge in [0.1, 0.15) is 17.0 Å². The molecule has 37 heavy (non-hydrogen) atoms. The van der Waals surface area contributed by atoms with Crippen LogP contribution >= 0.6 is 11.3 Å². The number of aromatic nitrogens is 1. The van der Waals surface area contributed by atoms with Crippen molar-refractivity contribution in [2.24, 2.45) is 0 Å². The number of ether oxygens (including phenoxy) is 1. The SMILES string of the molecule is CCN(c1ccccc1)S(=O)(=O)c1ccc(C(=O)Nc2nc(-c3cc4ccc(OC)cc4o3)cs2)cc1. The standard InChI is InChI=1S/C27H23N3O5S2/c1-3-30(20-7-5-4-6-8-20)37(32,33)22-13-10-18(11-14-22)26(31)29-27-28-23(17-36-27)25-15-19-9-12-21(34-2)16-24(19)35-25/h4-17H,3H2,1-2H3,(H,28,29,31). The van der Waals surface area contributed by atoms with Gasteiger partial charge in [-0.15, -0.1) is 11.3 Å². The van der Waals surface area contributed by atoms with E-state index in [0.717, 1.165) is 5.39 Å². The summed E-state index contributed by atoms with van der Waals surface area (Å²) >= 11 is 1.27. The van der Waals surface area contributed by atoms with Crippen molar-refractivity contribution in [1.29, 1.82) is 0 Å². The van der Waals surface area contributed by atoms with Crippen molar-refractivity contribution in [3.05, 3.63) is 89.8 Å². The fourth-order valence-electron chi connectivity index (χ4n) is 3.87. The number of thiazole rings is 1. The van der Waals surface area contributed by atoms with Crippen LogP contribution in [0.25, 0.3) is 22.4 Å². The zero-order chi connectivity index (χ0) is 26.0. The quantitative estimate of drug-likeness (QED) is 0.261. The summed E-state index contributed by atoms with van der Waals surface area (Å²) in [5.41, 5.74) is 2.17. The zero-order valence-corrected chi connectivity index (χ0v) is 21.7. The molecule has 1 N–H and O–H groups in total. The highest BCUT2D eigenvalue weighted by Crippen LogP contribution is 2.32. The number of hydrogen-bond donors (Lipinski definition) is 1. The van der Waals surface area contributed by atoms with Gasteiger partial charge in [-0.2, -0.15) is 0 Å². The normalized spacial score (nSPS) is 11.4. The maximum Gasteiger partial charge on any atom is 0.264 e. The number of carbonyl (C=O) groups excluding carboxylic acids is 1. The predicted octanol–water partition coefficient (Wildman–Crippen LogP) is 6.03. The second-order valence-electron chi connectivity index (χ2n) is 8.04. The second-order valence-corrected chi connectivity index (χ2v) is 10.8. The fraction of sp³-hybridized carbons (Fsp3) is 0.111.